The van der Waals surface area contributed by atoms with Crippen molar-refractivity contribution in [2.45, 2.75) is 45.2 Å². The van der Waals surface area contributed by atoms with Crippen molar-refractivity contribution in [1.29, 1.82) is 0 Å². The van der Waals surface area contributed by atoms with Crippen LogP contribution in [0.4, 0.5) is 0 Å². The molecule has 120 valence electrons. The zero-order valence-corrected chi connectivity index (χ0v) is 13.5. The summed E-state index contributed by atoms with van der Waals surface area (Å²) in [6, 6.07) is 1.40. The molecule has 3 fully saturated rings. The highest BCUT2D eigenvalue weighted by atomic mass is 16.5. The third kappa shape index (κ3) is 4.10. The van der Waals surface area contributed by atoms with Crippen molar-refractivity contribution in [2.24, 2.45) is 16.8 Å². The molecule has 5 nitrogen and oxygen atoms in total. The summed E-state index contributed by atoms with van der Waals surface area (Å²) in [5, 5.41) is 7.05. The lowest BCUT2D eigenvalue weighted by atomic mass is 10.1. The number of aliphatic imine (C=N–C) groups is 1. The average molecular weight is 294 g/mol. The van der Waals surface area contributed by atoms with Crippen LogP contribution in [0.3, 0.4) is 0 Å². The van der Waals surface area contributed by atoms with Gasteiger partial charge in [0, 0.05) is 50.8 Å². The number of ether oxygens (including phenoxy) is 1. The van der Waals surface area contributed by atoms with Gasteiger partial charge in [-0.2, -0.15) is 0 Å². The Balaban J connectivity index is 1.52. The Bertz CT molecular complexity index is 363. The van der Waals surface area contributed by atoms with Crippen molar-refractivity contribution < 1.29 is 4.74 Å². The van der Waals surface area contributed by atoms with Crippen LogP contribution >= 0.6 is 0 Å². The molecule has 21 heavy (non-hydrogen) atoms. The summed E-state index contributed by atoms with van der Waals surface area (Å²) >= 11 is 0. The van der Waals surface area contributed by atoms with Crippen LogP contribution in [0.1, 0.15) is 33.1 Å². The predicted molar refractivity (Wildman–Crippen MR) is 85.6 cm³/mol. The molecule has 1 saturated carbocycles. The van der Waals surface area contributed by atoms with Crippen molar-refractivity contribution in [3.8, 4) is 0 Å². The first kappa shape index (κ1) is 15.1. The Morgan fingerprint density at radius 1 is 1.29 bits per heavy atom. The smallest absolute Gasteiger partial charge is 0.191 e. The lowest BCUT2D eigenvalue weighted by Crippen LogP contribution is -2.46. The Morgan fingerprint density at radius 3 is 2.81 bits per heavy atom. The molecule has 0 amide bonds. The van der Waals surface area contributed by atoms with E-state index in [1.54, 1.807) is 0 Å². The van der Waals surface area contributed by atoms with E-state index >= 15 is 0 Å². The third-order valence-corrected chi connectivity index (χ3v) is 4.90. The van der Waals surface area contributed by atoms with Gasteiger partial charge in [0.15, 0.2) is 5.96 Å². The summed E-state index contributed by atoms with van der Waals surface area (Å²) in [4.78, 5) is 7.42. The largest absolute Gasteiger partial charge is 0.381 e. The Kier molecular flexibility index (Phi) is 5.01. The van der Waals surface area contributed by atoms with E-state index < -0.39 is 0 Å². The van der Waals surface area contributed by atoms with Crippen LogP contribution in [0, 0.1) is 11.8 Å². The summed E-state index contributed by atoms with van der Waals surface area (Å²) in [6.45, 7) is 10.5. The zero-order chi connectivity index (χ0) is 14.7. The Morgan fingerprint density at radius 2 is 2.14 bits per heavy atom. The van der Waals surface area contributed by atoms with Crippen LogP contribution in [0.15, 0.2) is 4.99 Å². The van der Waals surface area contributed by atoms with Gasteiger partial charge >= 0.3 is 0 Å². The van der Waals surface area contributed by atoms with Gasteiger partial charge in [0.1, 0.15) is 0 Å². The van der Waals surface area contributed by atoms with E-state index in [9.17, 15) is 0 Å². The highest BCUT2D eigenvalue weighted by Gasteiger charge is 2.38. The molecule has 0 bridgehead atoms. The van der Waals surface area contributed by atoms with Gasteiger partial charge < -0.3 is 15.4 Å². The first-order valence-electron chi connectivity index (χ1n) is 8.63. The van der Waals surface area contributed by atoms with E-state index in [-0.39, 0.29) is 0 Å². The molecular weight excluding hydrogens is 264 g/mol. The zero-order valence-electron chi connectivity index (χ0n) is 13.5. The highest BCUT2D eigenvalue weighted by Crippen LogP contribution is 2.31. The first-order chi connectivity index (χ1) is 10.3. The van der Waals surface area contributed by atoms with Crippen LogP contribution in [-0.2, 0) is 4.74 Å². The quantitative estimate of drug-likeness (QED) is 0.588. The van der Waals surface area contributed by atoms with Gasteiger partial charge in [0.05, 0.1) is 6.61 Å². The molecule has 2 saturated heterocycles. The highest BCUT2D eigenvalue weighted by molar-refractivity contribution is 5.80. The molecule has 3 atom stereocenters. The Hall–Kier alpha value is -0.810. The van der Waals surface area contributed by atoms with Gasteiger partial charge in [-0.1, -0.05) is 6.92 Å². The molecule has 2 aliphatic heterocycles. The van der Waals surface area contributed by atoms with Crippen LogP contribution in [0.5, 0.6) is 0 Å². The molecule has 1 aliphatic carbocycles. The van der Waals surface area contributed by atoms with E-state index in [1.807, 2.05) is 0 Å². The Labute approximate surface area is 128 Å². The van der Waals surface area contributed by atoms with Gasteiger partial charge in [0.2, 0.25) is 0 Å². The molecule has 3 rings (SSSR count). The molecule has 0 radical (unpaired) electrons. The second-order valence-electron chi connectivity index (χ2n) is 6.86. The van der Waals surface area contributed by atoms with E-state index in [4.69, 9.17) is 9.73 Å². The summed E-state index contributed by atoms with van der Waals surface area (Å²) in [5.41, 5.74) is 0. The molecule has 5 heteroatoms. The molecule has 0 spiro atoms. The number of nitrogens with one attached hydrogen (secondary N) is 2. The lowest BCUT2D eigenvalue weighted by molar-refractivity contribution is 0.187. The molecule has 2 N–H and O–H groups in total. The SMILES string of the molecule is CCNC(=NCC1CCOC1)NC1CN(C2CC2)CC1C. The average Bonchev–Trinajstić information content (AvgIpc) is 3.07. The summed E-state index contributed by atoms with van der Waals surface area (Å²) in [7, 11) is 0. The van der Waals surface area contributed by atoms with Crippen molar-refractivity contribution in [3.63, 3.8) is 0 Å². The molecule has 2 heterocycles. The van der Waals surface area contributed by atoms with Crippen LogP contribution in [0.2, 0.25) is 0 Å². The second-order valence-corrected chi connectivity index (χ2v) is 6.86. The predicted octanol–water partition coefficient (Wildman–Crippen LogP) is 1.06. The standard InChI is InChI=1S/C16H30N4O/c1-3-17-16(18-8-13-6-7-21-11-13)19-15-10-20(9-12(15)2)14-4-5-14/h12-15H,3-11H2,1-2H3,(H2,17,18,19). The van der Waals surface area contributed by atoms with E-state index in [1.165, 1.54) is 25.9 Å². The second kappa shape index (κ2) is 6.97. The molecular formula is C16H30N4O. The minimum absolute atomic E-state index is 0.531. The van der Waals surface area contributed by atoms with Gasteiger partial charge in [0.25, 0.3) is 0 Å². The lowest BCUT2D eigenvalue weighted by Gasteiger charge is -2.20. The van der Waals surface area contributed by atoms with Crippen LogP contribution < -0.4 is 10.6 Å². The minimum atomic E-state index is 0.531. The number of guanidine groups is 1. The topological polar surface area (TPSA) is 48.9 Å². The summed E-state index contributed by atoms with van der Waals surface area (Å²) < 4.78 is 5.43. The maximum atomic E-state index is 5.43. The van der Waals surface area contributed by atoms with Crippen molar-refractivity contribution >= 4 is 5.96 Å². The van der Waals surface area contributed by atoms with Crippen LogP contribution in [-0.4, -0.2) is 62.3 Å². The molecule has 3 unspecified atom stereocenters. The maximum Gasteiger partial charge on any atom is 0.191 e. The summed E-state index contributed by atoms with van der Waals surface area (Å²) in [5.74, 6) is 2.28. The fourth-order valence-corrected chi connectivity index (χ4v) is 3.37. The monoisotopic (exact) mass is 294 g/mol. The van der Waals surface area contributed by atoms with E-state index in [0.29, 0.717) is 17.9 Å². The van der Waals surface area contributed by atoms with Gasteiger partial charge in [-0.05, 0) is 32.1 Å². The van der Waals surface area contributed by atoms with Crippen molar-refractivity contribution in [1.82, 2.24) is 15.5 Å². The molecule has 3 aliphatic rings. The van der Waals surface area contributed by atoms with Crippen molar-refractivity contribution in [2.75, 3.05) is 39.4 Å². The fraction of sp³-hybridized carbons (Fsp3) is 0.938. The van der Waals surface area contributed by atoms with E-state index in [0.717, 1.165) is 44.7 Å². The summed E-state index contributed by atoms with van der Waals surface area (Å²) in [6.07, 6.45) is 3.95. The molecule has 0 aromatic heterocycles. The number of nitrogens with zero attached hydrogens (tertiary/aromatic N) is 2. The number of hydrogen-bond donors (Lipinski definition) is 2. The van der Waals surface area contributed by atoms with Crippen LogP contribution in [0.25, 0.3) is 0 Å². The van der Waals surface area contributed by atoms with Gasteiger partial charge in [-0.25, -0.2) is 0 Å². The first-order valence-corrected chi connectivity index (χ1v) is 8.63. The van der Waals surface area contributed by atoms with Gasteiger partial charge in [-0.3, -0.25) is 9.89 Å². The minimum Gasteiger partial charge on any atom is -0.381 e. The van der Waals surface area contributed by atoms with Gasteiger partial charge in [-0.15, -0.1) is 0 Å². The number of rotatable bonds is 5. The molecule has 0 aromatic carbocycles. The fourth-order valence-electron chi connectivity index (χ4n) is 3.37. The maximum absolute atomic E-state index is 5.43. The normalized spacial score (nSPS) is 34.4. The van der Waals surface area contributed by atoms with E-state index in [2.05, 4.69) is 29.4 Å². The third-order valence-electron chi connectivity index (χ3n) is 4.90. The number of likely N-dealkylation sites (tertiary alicyclic amines) is 1. The van der Waals surface area contributed by atoms with Crippen molar-refractivity contribution in [3.05, 3.63) is 0 Å². The molecule has 0 aromatic rings. The number of hydrogen-bond acceptors (Lipinski definition) is 3.